The lowest BCUT2D eigenvalue weighted by atomic mass is 10.1. The fraction of sp³-hybridized carbons (Fsp3) is 0.238. The van der Waals surface area contributed by atoms with Crippen LogP contribution in [0.4, 0.5) is 0 Å². The van der Waals surface area contributed by atoms with Crippen LogP contribution in [0.5, 0.6) is 0 Å². The summed E-state index contributed by atoms with van der Waals surface area (Å²) in [6.07, 6.45) is 1.45. The van der Waals surface area contributed by atoms with Crippen LogP contribution in [0.25, 0.3) is 0 Å². The fourth-order valence-electron chi connectivity index (χ4n) is 2.88. The first kappa shape index (κ1) is 20.1. The highest BCUT2D eigenvalue weighted by Crippen LogP contribution is 2.15. The number of likely N-dealkylation sites (tertiary alicyclic amines) is 1. The number of hydrogen-bond acceptors (Lipinski definition) is 5. The van der Waals surface area contributed by atoms with Crippen LogP contribution >= 0.6 is 0 Å². The van der Waals surface area contributed by atoms with E-state index in [0.717, 1.165) is 18.5 Å². The van der Waals surface area contributed by atoms with Gasteiger partial charge in [0.25, 0.3) is 11.8 Å². The summed E-state index contributed by atoms with van der Waals surface area (Å²) in [5, 5.41) is 0. The molecule has 8 nitrogen and oxygen atoms in total. The van der Waals surface area contributed by atoms with Crippen LogP contribution in [0.1, 0.15) is 39.1 Å². The van der Waals surface area contributed by atoms with Crippen molar-refractivity contribution in [3.63, 3.8) is 0 Å². The van der Waals surface area contributed by atoms with Crippen LogP contribution in [0.2, 0.25) is 0 Å². The van der Waals surface area contributed by atoms with Gasteiger partial charge in [0, 0.05) is 25.1 Å². The second kappa shape index (κ2) is 9.50. The SMILES string of the molecule is O=C(COC(=O)c1ccc(CN2CCCC2=O)cc1)NNC(=O)c1ccccc1. The normalized spacial score (nSPS) is 13.1. The van der Waals surface area contributed by atoms with Gasteiger partial charge in [0.15, 0.2) is 6.61 Å². The average Bonchev–Trinajstić information content (AvgIpc) is 3.15. The third-order valence-electron chi connectivity index (χ3n) is 4.42. The molecule has 0 aliphatic carbocycles. The minimum Gasteiger partial charge on any atom is -0.452 e. The predicted octanol–water partition coefficient (Wildman–Crippen LogP) is 1.43. The van der Waals surface area contributed by atoms with Gasteiger partial charge in [-0.25, -0.2) is 4.79 Å². The Balaban J connectivity index is 1.42. The van der Waals surface area contributed by atoms with Crippen molar-refractivity contribution < 1.29 is 23.9 Å². The first-order chi connectivity index (χ1) is 14.0. The summed E-state index contributed by atoms with van der Waals surface area (Å²) < 4.78 is 4.95. The van der Waals surface area contributed by atoms with E-state index in [4.69, 9.17) is 4.74 Å². The quantitative estimate of drug-likeness (QED) is 0.569. The minimum absolute atomic E-state index is 0.138. The molecule has 3 rings (SSSR count). The Morgan fingerprint density at radius 2 is 1.66 bits per heavy atom. The molecular weight excluding hydrogens is 374 g/mol. The molecule has 2 aromatic carbocycles. The van der Waals surface area contributed by atoms with Crippen molar-refractivity contribution in [3.8, 4) is 0 Å². The lowest BCUT2D eigenvalue weighted by molar-refractivity contribution is -0.128. The molecule has 0 unspecified atom stereocenters. The predicted molar refractivity (Wildman–Crippen MR) is 103 cm³/mol. The number of esters is 1. The molecule has 1 heterocycles. The molecule has 29 heavy (non-hydrogen) atoms. The number of rotatable bonds is 6. The highest BCUT2D eigenvalue weighted by Gasteiger charge is 2.20. The van der Waals surface area contributed by atoms with E-state index < -0.39 is 24.4 Å². The van der Waals surface area contributed by atoms with Gasteiger partial charge in [0.1, 0.15) is 0 Å². The van der Waals surface area contributed by atoms with Crippen molar-refractivity contribution in [3.05, 3.63) is 71.3 Å². The zero-order chi connectivity index (χ0) is 20.6. The van der Waals surface area contributed by atoms with E-state index in [1.165, 1.54) is 0 Å². The summed E-state index contributed by atoms with van der Waals surface area (Å²) in [6.45, 7) is 0.730. The van der Waals surface area contributed by atoms with Gasteiger partial charge in [-0.05, 0) is 36.2 Å². The number of amides is 3. The van der Waals surface area contributed by atoms with Crippen molar-refractivity contribution in [2.45, 2.75) is 19.4 Å². The Hall–Kier alpha value is -3.68. The topological polar surface area (TPSA) is 105 Å². The van der Waals surface area contributed by atoms with Crippen molar-refractivity contribution in [1.82, 2.24) is 15.8 Å². The first-order valence-electron chi connectivity index (χ1n) is 9.21. The third kappa shape index (κ3) is 5.65. The molecule has 1 fully saturated rings. The van der Waals surface area contributed by atoms with Crippen LogP contribution < -0.4 is 10.9 Å². The summed E-state index contributed by atoms with van der Waals surface area (Å²) in [4.78, 5) is 49.1. The second-order valence-electron chi connectivity index (χ2n) is 6.56. The van der Waals surface area contributed by atoms with Gasteiger partial charge in [-0.15, -0.1) is 0 Å². The lowest BCUT2D eigenvalue weighted by Gasteiger charge is -2.15. The van der Waals surface area contributed by atoms with Gasteiger partial charge in [-0.2, -0.15) is 0 Å². The second-order valence-corrected chi connectivity index (χ2v) is 6.56. The lowest BCUT2D eigenvalue weighted by Crippen LogP contribution is -2.43. The van der Waals surface area contributed by atoms with E-state index in [1.54, 1.807) is 59.5 Å². The number of hydrogen-bond donors (Lipinski definition) is 2. The van der Waals surface area contributed by atoms with E-state index in [2.05, 4.69) is 10.9 Å². The third-order valence-corrected chi connectivity index (χ3v) is 4.42. The largest absolute Gasteiger partial charge is 0.452 e. The minimum atomic E-state index is -0.660. The van der Waals surface area contributed by atoms with E-state index in [9.17, 15) is 19.2 Å². The average molecular weight is 395 g/mol. The molecule has 1 aliphatic rings. The molecule has 1 aliphatic heterocycles. The van der Waals surface area contributed by atoms with Gasteiger partial charge >= 0.3 is 5.97 Å². The van der Waals surface area contributed by atoms with Crippen molar-refractivity contribution in [2.24, 2.45) is 0 Å². The molecule has 0 radical (unpaired) electrons. The van der Waals surface area contributed by atoms with Gasteiger partial charge in [-0.1, -0.05) is 30.3 Å². The number of hydrazine groups is 1. The Morgan fingerprint density at radius 1 is 0.931 bits per heavy atom. The van der Waals surface area contributed by atoms with E-state index in [0.29, 0.717) is 24.1 Å². The van der Waals surface area contributed by atoms with Crippen LogP contribution in [-0.4, -0.2) is 41.7 Å². The van der Waals surface area contributed by atoms with Crippen molar-refractivity contribution >= 4 is 23.7 Å². The Labute approximate surface area is 167 Å². The zero-order valence-corrected chi connectivity index (χ0v) is 15.7. The van der Waals surface area contributed by atoms with Gasteiger partial charge < -0.3 is 9.64 Å². The standard InChI is InChI=1S/C21H21N3O5/c25-18(22-23-20(27)16-5-2-1-3-6-16)14-29-21(28)17-10-8-15(9-11-17)13-24-12-4-7-19(24)26/h1-3,5-6,8-11H,4,7,12-14H2,(H,22,25)(H,23,27). The smallest absolute Gasteiger partial charge is 0.338 e. The molecular formula is C21H21N3O5. The molecule has 1 saturated heterocycles. The van der Waals surface area contributed by atoms with Crippen LogP contribution in [0, 0.1) is 0 Å². The molecule has 0 saturated carbocycles. The van der Waals surface area contributed by atoms with Crippen LogP contribution in [-0.2, 0) is 20.9 Å². The molecule has 8 heteroatoms. The Bertz CT molecular complexity index is 896. The molecule has 3 amide bonds. The number of nitrogens with one attached hydrogen (secondary N) is 2. The Kier molecular flexibility index (Phi) is 6.57. The summed E-state index contributed by atoms with van der Waals surface area (Å²) in [5.74, 6) is -1.65. The maximum absolute atomic E-state index is 12.1. The molecule has 0 atom stereocenters. The number of carbonyl (C=O) groups excluding carboxylic acids is 4. The van der Waals surface area contributed by atoms with Gasteiger partial charge in [0.05, 0.1) is 5.56 Å². The van der Waals surface area contributed by atoms with E-state index in [1.807, 2.05) is 0 Å². The first-order valence-corrected chi connectivity index (χ1v) is 9.21. The number of nitrogens with zero attached hydrogens (tertiary/aromatic N) is 1. The Morgan fingerprint density at radius 3 is 2.31 bits per heavy atom. The number of carbonyl (C=O) groups is 4. The van der Waals surface area contributed by atoms with E-state index >= 15 is 0 Å². The summed E-state index contributed by atoms with van der Waals surface area (Å²) in [6, 6.07) is 15.1. The molecule has 150 valence electrons. The van der Waals surface area contributed by atoms with Gasteiger partial charge in [-0.3, -0.25) is 25.2 Å². The van der Waals surface area contributed by atoms with E-state index in [-0.39, 0.29) is 5.91 Å². The highest BCUT2D eigenvalue weighted by molar-refractivity contribution is 5.96. The maximum atomic E-state index is 12.1. The molecule has 2 N–H and O–H groups in total. The molecule has 0 spiro atoms. The monoisotopic (exact) mass is 395 g/mol. The van der Waals surface area contributed by atoms with Crippen LogP contribution in [0.3, 0.4) is 0 Å². The number of ether oxygens (including phenoxy) is 1. The molecule has 2 aromatic rings. The molecule has 0 aromatic heterocycles. The summed E-state index contributed by atoms with van der Waals surface area (Å²) in [5.41, 5.74) is 6.03. The van der Waals surface area contributed by atoms with Crippen LogP contribution in [0.15, 0.2) is 54.6 Å². The number of benzene rings is 2. The zero-order valence-electron chi connectivity index (χ0n) is 15.7. The van der Waals surface area contributed by atoms with Crippen molar-refractivity contribution in [2.75, 3.05) is 13.2 Å². The fourth-order valence-corrected chi connectivity index (χ4v) is 2.88. The molecule has 0 bridgehead atoms. The van der Waals surface area contributed by atoms with Crippen molar-refractivity contribution in [1.29, 1.82) is 0 Å². The summed E-state index contributed by atoms with van der Waals surface area (Å²) >= 11 is 0. The highest BCUT2D eigenvalue weighted by atomic mass is 16.5. The maximum Gasteiger partial charge on any atom is 0.338 e. The van der Waals surface area contributed by atoms with Gasteiger partial charge in [0.2, 0.25) is 5.91 Å². The summed E-state index contributed by atoms with van der Waals surface area (Å²) in [7, 11) is 0.